The van der Waals surface area contributed by atoms with Crippen LogP contribution in [0.2, 0.25) is 0 Å². The number of nitrogens with zero attached hydrogens (tertiary/aromatic N) is 2. The summed E-state index contributed by atoms with van der Waals surface area (Å²) >= 11 is 0. The Morgan fingerprint density at radius 3 is 1.38 bits per heavy atom. The number of hydrogen-bond donors (Lipinski definition) is 2. The zero-order valence-electron chi connectivity index (χ0n) is 31.2. The molecule has 8 nitrogen and oxygen atoms in total. The molecule has 8 heteroatoms. The Labute approximate surface area is 294 Å². The minimum Gasteiger partial charge on any atom is -0.463 e. The van der Waals surface area contributed by atoms with E-state index in [1.807, 2.05) is 26.0 Å². The summed E-state index contributed by atoms with van der Waals surface area (Å²) in [5, 5.41) is 0. The van der Waals surface area contributed by atoms with Crippen LogP contribution in [-0.4, -0.2) is 45.1 Å². The number of hydrogen-bond acceptors (Lipinski definition) is 6. The van der Waals surface area contributed by atoms with Gasteiger partial charge in [-0.3, -0.25) is 9.97 Å². The van der Waals surface area contributed by atoms with Crippen LogP contribution in [0.1, 0.15) is 136 Å². The molecule has 5 heterocycles. The van der Waals surface area contributed by atoms with Gasteiger partial charge in [0.15, 0.2) is 0 Å². The number of aromatic amines is 2. The second-order valence-corrected chi connectivity index (χ2v) is 14.5. The number of ether oxygens (including phenoxy) is 2. The summed E-state index contributed by atoms with van der Waals surface area (Å²) in [7, 11) is 0. The number of esters is 2. The number of aryl methyl sites for hydroxylation is 4. The predicted molar refractivity (Wildman–Crippen MR) is 199 cm³/mol. The molecular weight excluding hydrogens is 624 g/mol. The molecule has 3 aromatic rings. The summed E-state index contributed by atoms with van der Waals surface area (Å²) < 4.78 is 11.4. The maximum atomic E-state index is 13.7. The van der Waals surface area contributed by atoms with Crippen molar-refractivity contribution in [1.29, 1.82) is 0 Å². The third kappa shape index (κ3) is 4.42. The highest BCUT2D eigenvalue weighted by atomic mass is 16.5. The maximum Gasteiger partial charge on any atom is 0.335 e. The normalized spacial score (nSPS) is 23.2. The molecule has 0 radical (unpaired) electrons. The Bertz CT molecular complexity index is 2040. The molecule has 50 heavy (non-hydrogen) atoms. The minimum atomic E-state index is -0.646. The van der Waals surface area contributed by atoms with Crippen molar-refractivity contribution in [2.45, 2.75) is 118 Å². The second kappa shape index (κ2) is 12.1. The molecule has 4 atom stereocenters. The quantitative estimate of drug-likeness (QED) is 0.231. The SMILES string of the molecule is CCOC(=O)C1=Cc2c3nc(cc4[nH]c(c5c6nc(cc7[nH]c2c(CC)c7C)[C@@H](CC)[C@]6(C)C(C(=O)OCC)=C5)c(CC)c4C)[C@H](CC)[C@@]13C. The molecule has 8 bridgehead atoms. The van der Waals surface area contributed by atoms with Gasteiger partial charge in [0, 0.05) is 45.4 Å². The van der Waals surface area contributed by atoms with Crippen molar-refractivity contribution in [2.24, 2.45) is 0 Å². The van der Waals surface area contributed by atoms with E-state index < -0.39 is 10.8 Å². The minimum absolute atomic E-state index is 0.0382. The fourth-order valence-corrected chi connectivity index (χ4v) is 9.68. The highest BCUT2D eigenvalue weighted by Gasteiger charge is 2.54. The van der Waals surface area contributed by atoms with E-state index in [-0.39, 0.29) is 23.8 Å². The summed E-state index contributed by atoms with van der Waals surface area (Å²) in [4.78, 5) is 45.9. The smallest absolute Gasteiger partial charge is 0.335 e. The fourth-order valence-electron chi connectivity index (χ4n) is 9.68. The van der Waals surface area contributed by atoms with E-state index in [9.17, 15) is 9.59 Å². The van der Waals surface area contributed by atoms with E-state index in [0.29, 0.717) is 24.4 Å². The number of nitrogens with one attached hydrogen (secondary N) is 2. The molecule has 3 aromatic heterocycles. The molecule has 0 unspecified atom stereocenters. The Morgan fingerprint density at radius 2 is 1.06 bits per heavy atom. The largest absolute Gasteiger partial charge is 0.463 e. The molecule has 2 aliphatic heterocycles. The van der Waals surface area contributed by atoms with Gasteiger partial charge in [-0.1, -0.05) is 27.7 Å². The zero-order chi connectivity index (χ0) is 35.9. The molecule has 2 aliphatic carbocycles. The molecule has 0 saturated carbocycles. The molecule has 0 aromatic carbocycles. The highest BCUT2D eigenvalue weighted by Crippen LogP contribution is 2.57. The van der Waals surface area contributed by atoms with Gasteiger partial charge in [0.2, 0.25) is 0 Å². The first-order valence-corrected chi connectivity index (χ1v) is 18.5. The van der Waals surface area contributed by atoms with E-state index in [1.165, 1.54) is 11.1 Å². The van der Waals surface area contributed by atoms with Gasteiger partial charge < -0.3 is 19.4 Å². The fraction of sp³-hybridized carbons (Fsp3) is 0.476. The first kappa shape index (κ1) is 34.0. The van der Waals surface area contributed by atoms with Crippen LogP contribution in [-0.2, 0) is 42.7 Å². The summed E-state index contributed by atoms with van der Waals surface area (Å²) in [5.41, 5.74) is 14.2. The van der Waals surface area contributed by atoms with Crippen molar-refractivity contribution in [3.63, 3.8) is 0 Å². The van der Waals surface area contributed by atoms with Crippen LogP contribution >= 0.6 is 0 Å². The van der Waals surface area contributed by atoms with Crippen LogP contribution in [0.5, 0.6) is 0 Å². The molecular formula is C42H50N4O4. The first-order chi connectivity index (χ1) is 23.9. The lowest BCUT2D eigenvalue weighted by Gasteiger charge is -2.30. The van der Waals surface area contributed by atoms with Crippen molar-refractivity contribution in [1.82, 2.24) is 19.9 Å². The Morgan fingerprint density at radius 1 is 0.680 bits per heavy atom. The van der Waals surface area contributed by atoms with E-state index in [4.69, 9.17) is 19.4 Å². The number of carbonyl (C=O) groups excluding carboxylic acids is 2. The molecule has 2 N–H and O–H groups in total. The number of fused-ring (bicyclic) bond motifs is 8. The van der Waals surface area contributed by atoms with Crippen LogP contribution in [0.4, 0.5) is 0 Å². The molecule has 0 fully saturated rings. The molecule has 0 spiro atoms. The summed E-state index contributed by atoms with van der Waals surface area (Å²) in [6.07, 6.45) is 7.26. The van der Waals surface area contributed by atoms with Gasteiger partial charge in [-0.15, -0.1) is 0 Å². The second-order valence-electron chi connectivity index (χ2n) is 14.5. The number of rotatable bonds is 8. The molecule has 7 rings (SSSR count). The van der Waals surface area contributed by atoms with Gasteiger partial charge in [0.05, 0.1) is 57.6 Å². The number of aromatic nitrogens is 4. The van der Waals surface area contributed by atoms with Crippen LogP contribution in [0.15, 0.2) is 23.3 Å². The Kier molecular flexibility index (Phi) is 8.23. The van der Waals surface area contributed by atoms with Gasteiger partial charge >= 0.3 is 11.9 Å². The van der Waals surface area contributed by atoms with Gasteiger partial charge in [0.1, 0.15) is 0 Å². The van der Waals surface area contributed by atoms with E-state index >= 15 is 0 Å². The van der Waals surface area contributed by atoms with Gasteiger partial charge in [-0.25, -0.2) is 9.59 Å². The molecule has 4 aliphatic rings. The Hall–Kier alpha value is -4.46. The summed E-state index contributed by atoms with van der Waals surface area (Å²) in [6.45, 7) is 21.7. The van der Waals surface area contributed by atoms with E-state index in [2.05, 4.69) is 77.5 Å². The van der Waals surface area contributed by atoms with Crippen LogP contribution in [0, 0.1) is 13.8 Å². The third-order valence-corrected chi connectivity index (χ3v) is 12.3. The lowest BCUT2D eigenvalue weighted by atomic mass is 9.71. The van der Waals surface area contributed by atoms with Crippen molar-refractivity contribution >= 4 is 46.2 Å². The first-order valence-electron chi connectivity index (χ1n) is 18.5. The number of H-pyrrole nitrogens is 2. The number of carbonyl (C=O) groups is 2. The van der Waals surface area contributed by atoms with Gasteiger partial charge in [-0.2, -0.15) is 0 Å². The zero-order valence-corrected chi connectivity index (χ0v) is 31.2. The summed E-state index contributed by atoms with van der Waals surface area (Å²) in [6, 6.07) is 4.37. The molecule has 0 amide bonds. The average Bonchev–Trinajstić information content (AvgIpc) is 3.86. The van der Waals surface area contributed by atoms with Gasteiger partial charge in [-0.05, 0) is 114 Å². The Balaban J connectivity index is 1.69. The van der Waals surface area contributed by atoms with E-state index in [0.717, 1.165) is 92.8 Å². The highest BCUT2D eigenvalue weighted by molar-refractivity contribution is 6.04. The third-order valence-electron chi connectivity index (χ3n) is 12.3. The van der Waals surface area contributed by atoms with Gasteiger partial charge in [0.25, 0.3) is 0 Å². The lowest BCUT2D eigenvalue weighted by Crippen LogP contribution is -2.31. The average molecular weight is 675 g/mol. The summed E-state index contributed by atoms with van der Waals surface area (Å²) in [5.74, 6) is -0.649. The standard InChI is InChI=1S/C42H50N4O4/c1-11-23-21(7)31-19-33-27(13-3)42(10)30(40(48)50-16-6)18-26(38(42)46-33)36-24(12-2)22(8)32(44-36)20-34-28(14-4)41(9)29(39(47)49-15-5)17-25(35(23)43-31)37(41)45-34/h17-20,27-28,43-44H,11-16H2,1-10H3/t27-,28+,41+,42-. The van der Waals surface area contributed by atoms with Crippen LogP contribution in [0.25, 0.3) is 34.2 Å². The topological polar surface area (TPSA) is 110 Å². The predicted octanol–water partition coefficient (Wildman–Crippen LogP) is 8.88. The molecule has 0 saturated heterocycles. The molecule has 262 valence electrons. The monoisotopic (exact) mass is 674 g/mol. The van der Waals surface area contributed by atoms with Crippen LogP contribution < -0.4 is 0 Å². The van der Waals surface area contributed by atoms with Crippen molar-refractivity contribution in [3.05, 3.63) is 79.4 Å². The lowest BCUT2D eigenvalue weighted by molar-refractivity contribution is -0.140. The van der Waals surface area contributed by atoms with Crippen molar-refractivity contribution < 1.29 is 19.1 Å². The van der Waals surface area contributed by atoms with Crippen LogP contribution in [0.3, 0.4) is 0 Å². The van der Waals surface area contributed by atoms with E-state index in [1.54, 1.807) is 0 Å². The maximum absolute atomic E-state index is 13.7. The van der Waals surface area contributed by atoms with Crippen molar-refractivity contribution in [3.8, 4) is 0 Å². The van der Waals surface area contributed by atoms with Crippen molar-refractivity contribution in [2.75, 3.05) is 13.2 Å².